The first-order chi connectivity index (χ1) is 9.52. The number of methoxy groups -OCH3 is 1. The van der Waals surface area contributed by atoms with Crippen LogP contribution in [0.25, 0.3) is 0 Å². The number of carbonyl (C=O) groups is 1. The van der Waals surface area contributed by atoms with Crippen LogP contribution in [0, 0.1) is 5.82 Å². The van der Waals surface area contributed by atoms with E-state index >= 15 is 0 Å². The lowest BCUT2D eigenvalue weighted by Crippen LogP contribution is -2.14. The molecule has 2 aromatic carbocycles. The van der Waals surface area contributed by atoms with Crippen molar-refractivity contribution in [2.45, 2.75) is 0 Å². The van der Waals surface area contributed by atoms with Crippen molar-refractivity contribution in [3.05, 3.63) is 57.8 Å². The highest BCUT2D eigenvalue weighted by Gasteiger charge is 2.15. The summed E-state index contributed by atoms with van der Waals surface area (Å²) < 4.78 is 18.7. The van der Waals surface area contributed by atoms with Crippen LogP contribution in [0.2, 0.25) is 10.0 Å². The second kappa shape index (κ2) is 6.11. The van der Waals surface area contributed by atoms with Crippen molar-refractivity contribution in [1.29, 1.82) is 0 Å². The van der Waals surface area contributed by atoms with E-state index in [9.17, 15) is 9.18 Å². The number of ether oxygens (including phenoxy) is 1. The molecule has 0 fully saturated rings. The number of para-hydroxylation sites is 1. The average Bonchev–Trinajstić information content (AvgIpc) is 2.42. The molecular formula is C14H10Cl2FNO2. The molecule has 2 rings (SSSR count). The van der Waals surface area contributed by atoms with Crippen LogP contribution in [0.15, 0.2) is 36.4 Å². The smallest absolute Gasteiger partial charge is 0.258 e. The third-order valence-electron chi connectivity index (χ3n) is 2.62. The molecule has 0 aliphatic heterocycles. The molecule has 20 heavy (non-hydrogen) atoms. The van der Waals surface area contributed by atoms with Crippen molar-refractivity contribution in [3.8, 4) is 5.75 Å². The van der Waals surface area contributed by atoms with Gasteiger partial charge >= 0.3 is 0 Å². The van der Waals surface area contributed by atoms with Crippen LogP contribution in [-0.4, -0.2) is 13.0 Å². The summed E-state index contributed by atoms with van der Waals surface area (Å²) in [5.74, 6) is -1.000. The van der Waals surface area contributed by atoms with Gasteiger partial charge in [-0.1, -0.05) is 29.3 Å². The van der Waals surface area contributed by atoms with E-state index in [2.05, 4.69) is 5.32 Å². The van der Waals surface area contributed by atoms with Crippen molar-refractivity contribution in [1.82, 2.24) is 0 Å². The molecule has 1 amide bonds. The van der Waals surface area contributed by atoms with Gasteiger partial charge in [0, 0.05) is 6.07 Å². The maximum absolute atomic E-state index is 13.8. The van der Waals surface area contributed by atoms with Crippen molar-refractivity contribution in [2.24, 2.45) is 0 Å². The van der Waals surface area contributed by atoms with Crippen LogP contribution in [-0.2, 0) is 0 Å². The molecule has 0 saturated carbocycles. The third-order valence-corrected chi connectivity index (χ3v) is 3.25. The van der Waals surface area contributed by atoms with Gasteiger partial charge in [-0.15, -0.1) is 0 Å². The number of hydrogen-bond donors (Lipinski definition) is 1. The Hall–Kier alpha value is -1.78. The molecule has 0 saturated heterocycles. The summed E-state index contributed by atoms with van der Waals surface area (Å²) in [6, 6.07) is 8.75. The number of nitrogens with one attached hydrogen (secondary N) is 1. The van der Waals surface area contributed by atoms with E-state index in [0.29, 0.717) is 5.75 Å². The zero-order valence-electron chi connectivity index (χ0n) is 10.4. The molecule has 0 spiro atoms. The van der Waals surface area contributed by atoms with Gasteiger partial charge in [-0.05, 0) is 24.3 Å². The zero-order chi connectivity index (χ0) is 14.7. The van der Waals surface area contributed by atoms with Crippen molar-refractivity contribution in [3.63, 3.8) is 0 Å². The standard InChI is InChI=1S/C14H10Cl2FNO2/c1-20-8-5-6-9(12(17)7-8)14(19)18-13-10(15)3-2-4-11(13)16/h2-7H,1H3,(H,18,19). The van der Waals surface area contributed by atoms with Gasteiger partial charge in [0.05, 0.1) is 28.4 Å². The fourth-order valence-electron chi connectivity index (χ4n) is 1.61. The molecule has 0 unspecified atom stereocenters. The number of anilines is 1. The molecule has 0 aromatic heterocycles. The van der Waals surface area contributed by atoms with Gasteiger partial charge in [-0.25, -0.2) is 4.39 Å². The number of amides is 1. The quantitative estimate of drug-likeness (QED) is 0.912. The summed E-state index contributed by atoms with van der Waals surface area (Å²) in [6.45, 7) is 0. The average molecular weight is 314 g/mol. The number of rotatable bonds is 3. The predicted octanol–water partition coefficient (Wildman–Crippen LogP) is 4.39. The maximum Gasteiger partial charge on any atom is 0.258 e. The Balaban J connectivity index is 2.29. The van der Waals surface area contributed by atoms with Crippen molar-refractivity contribution in [2.75, 3.05) is 12.4 Å². The van der Waals surface area contributed by atoms with Crippen LogP contribution in [0.1, 0.15) is 10.4 Å². The Morgan fingerprint density at radius 3 is 2.40 bits per heavy atom. The fraction of sp³-hybridized carbons (Fsp3) is 0.0714. The highest BCUT2D eigenvalue weighted by molar-refractivity contribution is 6.40. The molecule has 1 N–H and O–H groups in total. The number of benzene rings is 2. The first kappa shape index (κ1) is 14.6. The predicted molar refractivity (Wildman–Crippen MR) is 77.4 cm³/mol. The second-order valence-corrected chi connectivity index (χ2v) is 4.71. The maximum atomic E-state index is 13.8. The molecule has 6 heteroatoms. The van der Waals surface area contributed by atoms with Crippen molar-refractivity contribution < 1.29 is 13.9 Å². The highest BCUT2D eigenvalue weighted by Crippen LogP contribution is 2.30. The largest absolute Gasteiger partial charge is 0.497 e. The number of carbonyl (C=O) groups excluding carboxylic acids is 1. The molecule has 3 nitrogen and oxygen atoms in total. The van der Waals surface area contributed by atoms with E-state index in [1.54, 1.807) is 18.2 Å². The zero-order valence-corrected chi connectivity index (χ0v) is 11.9. The molecule has 0 radical (unpaired) electrons. The highest BCUT2D eigenvalue weighted by atomic mass is 35.5. The fourth-order valence-corrected chi connectivity index (χ4v) is 2.10. The minimum atomic E-state index is -0.690. The first-order valence-corrected chi connectivity index (χ1v) is 6.37. The minimum absolute atomic E-state index is 0.123. The Labute approximate surface area is 125 Å². The summed E-state index contributed by atoms with van der Waals surface area (Å²) in [6.07, 6.45) is 0. The molecule has 0 aliphatic rings. The van der Waals surface area contributed by atoms with E-state index in [4.69, 9.17) is 27.9 Å². The Morgan fingerprint density at radius 2 is 1.85 bits per heavy atom. The van der Waals surface area contributed by atoms with Gasteiger partial charge in [0.15, 0.2) is 0 Å². The van der Waals surface area contributed by atoms with Gasteiger partial charge in [0.2, 0.25) is 0 Å². The van der Waals surface area contributed by atoms with Crippen LogP contribution in [0.4, 0.5) is 10.1 Å². The van der Waals surface area contributed by atoms with Gasteiger partial charge in [0.1, 0.15) is 11.6 Å². The minimum Gasteiger partial charge on any atom is -0.497 e. The van der Waals surface area contributed by atoms with Gasteiger partial charge < -0.3 is 10.1 Å². The van der Waals surface area contributed by atoms with Crippen LogP contribution in [0.3, 0.4) is 0 Å². The SMILES string of the molecule is COc1ccc(C(=O)Nc2c(Cl)cccc2Cl)c(F)c1. The van der Waals surface area contributed by atoms with E-state index in [1.807, 2.05) is 0 Å². The molecule has 0 bridgehead atoms. The summed E-state index contributed by atoms with van der Waals surface area (Å²) in [5.41, 5.74) is 0.123. The van der Waals surface area contributed by atoms with Crippen LogP contribution < -0.4 is 10.1 Å². The molecule has 0 aliphatic carbocycles. The molecular weight excluding hydrogens is 304 g/mol. The van der Waals surface area contributed by atoms with E-state index in [-0.39, 0.29) is 21.3 Å². The van der Waals surface area contributed by atoms with Gasteiger partial charge in [0.25, 0.3) is 5.91 Å². The first-order valence-electron chi connectivity index (χ1n) is 5.62. The lowest BCUT2D eigenvalue weighted by atomic mass is 10.2. The van der Waals surface area contributed by atoms with Gasteiger partial charge in [-0.2, -0.15) is 0 Å². The summed E-state index contributed by atoms with van der Waals surface area (Å²) in [4.78, 5) is 12.0. The lowest BCUT2D eigenvalue weighted by molar-refractivity contribution is 0.102. The topological polar surface area (TPSA) is 38.3 Å². The summed E-state index contributed by atoms with van der Waals surface area (Å²) in [7, 11) is 1.41. The Bertz CT molecular complexity index is 641. The van der Waals surface area contributed by atoms with Crippen LogP contribution in [0.5, 0.6) is 5.75 Å². The Kier molecular flexibility index (Phi) is 4.47. The molecule has 104 valence electrons. The van der Waals surface area contributed by atoms with Gasteiger partial charge in [-0.3, -0.25) is 4.79 Å². The van der Waals surface area contributed by atoms with Crippen molar-refractivity contribution >= 4 is 34.8 Å². The van der Waals surface area contributed by atoms with E-state index in [0.717, 1.165) is 6.07 Å². The van der Waals surface area contributed by atoms with E-state index in [1.165, 1.54) is 19.2 Å². The van der Waals surface area contributed by atoms with E-state index < -0.39 is 11.7 Å². The third kappa shape index (κ3) is 3.03. The molecule has 0 atom stereocenters. The number of halogens is 3. The monoisotopic (exact) mass is 313 g/mol. The normalized spacial score (nSPS) is 10.2. The molecule has 2 aromatic rings. The lowest BCUT2D eigenvalue weighted by Gasteiger charge is -2.10. The summed E-state index contributed by atoms with van der Waals surface area (Å²) in [5, 5.41) is 3.04. The molecule has 0 heterocycles. The summed E-state index contributed by atoms with van der Waals surface area (Å²) >= 11 is 11.9. The Morgan fingerprint density at radius 1 is 1.20 bits per heavy atom. The van der Waals surface area contributed by atoms with Crippen LogP contribution >= 0.6 is 23.2 Å². The second-order valence-electron chi connectivity index (χ2n) is 3.90. The number of hydrogen-bond acceptors (Lipinski definition) is 2.